The number of amides is 2. The number of hydrogen-bond donors (Lipinski definition) is 2. The molecule has 6 heteroatoms. The Labute approximate surface area is 175 Å². The van der Waals surface area contributed by atoms with E-state index in [0.717, 1.165) is 31.5 Å². The number of carbonyl (C=O) groups excluding carboxylic acids is 2. The monoisotopic (exact) mass is 410 g/mol. The Morgan fingerprint density at radius 2 is 1.97 bits per heavy atom. The summed E-state index contributed by atoms with van der Waals surface area (Å²) in [7, 11) is 0. The molecule has 2 heterocycles. The first-order valence-corrected chi connectivity index (χ1v) is 10.2. The SMILES string of the molecule is C[C@H](/C=C/c1ccccc1C(=O)N1CCCC1)[C@@]1(O)C(=O)Nc2cc(Cl)ccc21. The molecule has 1 fully saturated rings. The van der Waals surface area contributed by atoms with E-state index in [1.807, 2.05) is 35.2 Å². The van der Waals surface area contributed by atoms with Crippen molar-refractivity contribution in [3.05, 3.63) is 70.3 Å². The summed E-state index contributed by atoms with van der Waals surface area (Å²) < 4.78 is 0. The van der Waals surface area contributed by atoms with Crippen molar-refractivity contribution in [2.24, 2.45) is 5.92 Å². The fourth-order valence-electron chi connectivity index (χ4n) is 4.06. The minimum atomic E-state index is -1.69. The molecule has 0 aliphatic carbocycles. The summed E-state index contributed by atoms with van der Waals surface area (Å²) in [4.78, 5) is 27.3. The van der Waals surface area contributed by atoms with Crippen LogP contribution in [0.15, 0.2) is 48.5 Å². The molecule has 2 aliphatic heterocycles. The average molecular weight is 411 g/mol. The topological polar surface area (TPSA) is 69.6 Å². The van der Waals surface area contributed by atoms with Crippen molar-refractivity contribution in [2.45, 2.75) is 25.4 Å². The fourth-order valence-corrected chi connectivity index (χ4v) is 4.23. The lowest BCUT2D eigenvalue weighted by Gasteiger charge is -2.26. The zero-order valence-corrected chi connectivity index (χ0v) is 16.9. The number of carbonyl (C=O) groups is 2. The molecule has 0 aromatic heterocycles. The van der Waals surface area contributed by atoms with E-state index in [-0.39, 0.29) is 5.91 Å². The summed E-state index contributed by atoms with van der Waals surface area (Å²) in [6.45, 7) is 3.35. The zero-order chi connectivity index (χ0) is 20.6. The molecule has 29 heavy (non-hydrogen) atoms. The number of anilines is 1. The molecule has 0 radical (unpaired) electrons. The van der Waals surface area contributed by atoms with Gasteiger partial charge in [-0.25, -0.2) is 0 Å². The van der Waals surface area contributed by atoms with Crippen LogP contribution >= 0.6 is 11.6 Å². The molecule has 2 atom stereocenters. The van der Waals surface area contributed by atoms with E-state index in [4.69, 9.17) is 11.6 Å². The third-order valence-corrected chi connectivity index (χ3v) is 6.03. The van der Waals surface area contributed by atoms with Crippen molar-refractivity contribution in [1.29, 1.82) is 0 Å². The number of likely N-dealkylation sites (tertiary alicyclic amines) is 1. The number of aliphatic hydroxyl groups is 1. The van der Waals surface area contributed by atoms with E-state index in [1.54, 1.807) is 31.2 Å². The molecule has 2 aromatic carbocycles. The molecular formula is C23H23ClN2O3. The van der Waals surface area contributed by atoms with E-state index in [0.29, 0.717) is 21.8 Å². The number of hydrogen-bond acceptors (Lipinski definition) is 3. The standard InChI is InChI=1S/C23H23ClN2O3/c1-15(23(29)19-11-10-17(24)14-20(19)25-22(23)28)8-9-16-6-2-3-7-18(16)21(27)26-12-4-5-13-26/h2-3,6-11,14-15,29H,4-5,12-13H2,1H3,(H,25,28)/b9-8+/t15-,23+/m1/s1. The highest BCUT2D eigenvalue weighted by atomic mass is 35.5. The van der Waals surface area contributed by atoms with Crippen LogP contribution in [0.25, 0.3) is 6.08 Å². The number of benzene rings is 2. The highest BCUT2D eigenvalue weighted by Crippen LogP contribution is 2.42. The minimum absolute atomic E-state index is 0.0210. The van der Waals surface area contributed by atoms with Crippen LogP contribution in [0.3, 0.4) is 0 Å². The van der Waals surface area contributed by atoms with Crippen LogP contribution in [0, 0.1) is 5.92 Å². The van der Waals surface area contributed by atoms with Crippen LogP contribution in [-0.2, 0) is 10.4 Å². The van der Waals surface area contributed by atoms with Crippen molar-refractivity contribution in [2.75, 3.05) is 18.4 Å². The van der Waals surface area contributed by atoms with Gasteiger partial charge in [-0.1, -0.05) is 54.9 Å². The van der Waals surface area contributed by atoms with Gasteiger partial charge in [0.1, 0.15) is 0 Å². The number of nitrogens with one attached hydrogen (secondary N) is 1. The number of fused-ring (bicyclic) bond motifs is 1. The molecule has 2 aliphatic rings. The highest BCUT2D eigenvalue weighted by molar-refractivity contribution is 6.31. The Balaban J connectivity index is 1.62. The molecule has 150 valence electrons. The van der Waals surface area contributed by atoms with Gasteiger partial charge in [-0.3, -0.25) is 9.59 Å². The van der Waals surface area contributed by atoms with E-state index in [1.165, 1.54) is 0 Å². The molecular weight excluding hydrogens is 388 g/mol. The van der Waals surface area contributed by atoms with E-state index >= 15 is 0 Å². The van der Waals surface area contributed by atoms with Gasteiger partial charge < -0.3 is 15.3 Å². The van der Waals surface area contributed by atoms with E-state index in [2.05, 4.69) is 5.32 Å². The molecule has 5 nitrogen and oxygen atoms in total. The lowest BCUT2D eigenvalue weighted by Crippen LogP contribution is -2.39. The first-order valence-electron chi connectivity index (χ1n) is 9.81. The quantitative estimate of drug-likeness (QED) is 0.798. The van der Waals surface area contributed by atoms with Crippen molar-refractivity contribution in [3.63, 3.8) is 0 Å². The molecule has 4 rings (SSSR count). The van der Waals surface area contributed by atoms with Gasteiger partial charge in [-0.15, -0.1) is 0 Å². The molecule has 1 saturated heterocycles. The van der Waals surface area contributed by atoms with Gasteiger partial charge in [0.2, 0.25) is 0 Å². The van der Waals surface area contributed by atoms with Gasteiger partial charge in [-0.05, 0) is 36.6 Å². The number of rotatable bonds is 4. The predicted octanol–water partition coefficient (Wildman–Crippen LogP) is 4.07. The van der Waals surface area contributed by atoms with E-state index in [9.17, 15) is 14.7 Å². The maximum Gasteiger partial charge on any atom is 0.261 e. The molecule has 0 spiro atoms. The first-order chi connectivity index (χ1) is 13.9. The van der Waals surface area contributed by atoms with Gasteiger partial charge in [0.25, 0.3) is 11.8 Å². The molecule has 0 bridgehead atoms. The maximum absolute atomic E-state index is 12.8. The smallest absolute Gasteiger partial charge is 0.261 e. The molecule has 2 N–H and O–H groups in total. The Kier molecular flexibility index (Phi) is 5.19. The van der Waals surface area contributed by atoms with Gasteiger partial charge >= 0.3 is 0 Å². The summed E-state index contributed by atoms with van der Waals surface area (Å²) >= 11 is 6.00. The second kappa shape index (κ2) is 7.65. The second-order valence-corrected chi connectivity index (χ2v) is 8.08. The van der Waals surface area contributed by atoms with Crippen molar-refractivity contribution in [1.82, 2.24) is 4.90 Å². The van der Waals surface area contributed by atoms with Gasteiger partial charge in [-0.2, -0.15) is 0 Å². The Morgan fingerprint density at radius 3 is 2.72 bits per heavy atom. The maximum atomic E-state index is 12.8. The van der Waals surface area contributed by atoms with Gasteiger partial charge in [0, 0.05) is 40.8 Å². The molecule has 0 saturated carbocycles. The van der Waals surface area contributed by atoms with Crippen LogP contribution in [0.5, 0.6) is 0 Å². The second-order valence-electron chi connectivity index (χ2n) is 7.64. The van der Waals surface area contributed by atoms with E-state index < -0.39 is 17.4 Å². The highest BCUT2D eigenvalue weighted by Gasteiger charge is 2.48. The van der Waals surface area contributed by atoms with Crippen LogP contribution in [0.2, 0.25) is 5.02 Å². The summed E-state index contributed by atoms with van der Waals surface area (Å²) in [6.07, 6.45) is 5.66. The number of halogens is 1. The normalized spacial score (nSPS) is 22.0. The van der Waals surface area contributed by atoms with Crippen LogP contribution in [0.1, 0.15) is 41.3 Å². The van der Waals surface area contributed by atoms with Crippen molar-refractivity contribution in [3.8, 4) is 0 Å². The predicted molar refractivity (Wildman–Crippen MR) is 114 cm³/mol. The molecule has 2 aromatic rings. The van der Waals surface area contributed by atoms with Gasteiger partial charge in [0.15, 0.2) is 5.60 Å². The summed E-state index contributed by atoms with van der Waals surface area (Å²) in [5.74, 6) is -0.971. The lowest BCUT2D eigenvalue weighted by molar-refractivity contribution is -0.137. The van der Waals surface area contributed by atoms with Gasteiger partial charge in [0.05, 0.1) is 0 Å². The molecule has 0 unspecified atom stereocenters. The first kappa shape index (κ1) is 19.7. The van der Waals surface area contributed by atoms with Crippen molar-refractivity contribution < 1.29 is 14.7 Å². The van der Waals surface area contributed by atoms with Crippen molar-refractivity contribution >= 4 is 35.2 Å². The van der Waals surface area contributed by atoms with Crippen LogP contribution < -0.4 is 5.32 Å². The third kappa shape index (κ3) is 3.45. The summed E-state index contributed by atoms with van der Waals surface area (Å²) in [5.41, 5.74) is 0.743. The Bertz CT molecular complexity index is 997. The lowest BCUT2D eigenvalue weighted by atomic mass is 9.82. The fraction of sp³-hybridized carbons (Fsp3) is 0.304. The summed E-state index contributed by atoms with van der Waals surface area (Å²) in [6, 6.07) is 12.4. The third-order valence-electron chi connectivity index (χ3n) is 5.79. The average Bonchev–Trinajstić information content (AvgIpc) is 3.33. The van der Waals surface area contributed by atoms with Crippen LogP contribution in [-0.4, -0.2) is 34.9 Å². The zero-order valence-electron chi connectivity index (χ0n) is 16.2. The molecule has 2 amide bonds. The van der Waals surface area contributed by atoms with Crippen LogP contribution in [0.4, 0.5) is 5.69 Å². The largest absolute Gasteiger partial charge is 0.375 e. The minimum Gasteiger partial charge on any atom is -0.375 e. The number of nitrogens with zero attached hydrogens (tertiary/aromatic N) is 1. The Morgan fingerprint density at radius 1 is 1.24 bits per heavy atom. The Hall–Kier alpha value is -2.63. The summed E-state index contributed by atoms with van der Waals surface area (Å²) in [5, 5.41) is 14.4.